The van der Waals surface area contributed by atoms with Gasteiger partial charge in [0.15, 0.2) is 18.1 Å². The summed E-state index contributed by atoms with van der Waals surface area (Å²) in [7, 11) is 0. The number of nitrogens with one attached hydrogen (secondary N) is 2. The predicted octanol–water partition coefficient (Wildman–Crippen LogP) is 6.72. The highest BCUT2D eigenvalue weighted by Gasteiger charge is 2.16. The van der Waals surface area contributed by atoms with Crippen molar-refractivity contribution < 1.29 is 19.1 Å². The van der Waals surface area contributed by atoms with Gasteiger partial charge < -0.3 is 20.1 Å². The first-order valence-corrected chi connectivity index (χ1v) is 12.2. The average Bonchev–Trinajstić information content (AvgIpc) is 2.85. The fourth-order valence-electron chi connectivity index (χ4n) is 3.01. The average molecular weight is 589 g/mol. The second-order valence-corrected chi connectivity index (χ2v) is 8.91. The molecule has 7 nitrogen and oxygen atoms in total. The Hall–Kier alpha value is -3.51. The van der Waals surface area contributed by atoms with E-state index >= 15 is 0 Å². The molecular formula is C26H20BrCl2N3O4. The Morgan fingerprint density at radius 2 is 1.78 bits per heavy atom. The summed E-state index contributed by atoms with van der Waals surface area (Å²) in [6.07, 6.45) is 1.42. The predicted molar refractivity (Wildman–Crippen MR) is 145 cm³/mol. The van der Waals surface area contributed by atoms with Crippen LogP contribution in [-0.2, 0) is 9.59 Å². The molecule has 3 aromatic carbocycles. The Morgan fingerprint density at radius 1 is 1.06 bits per heavy atom. The van der Waals surface area contributed by atoms with Gasteiger partial charge in [0.2, 0.25) is 0 Å². The van der Waals surface area contributed by atoms with Crippen molar-refractivity contribution in [1.29, 1.82) is 5.26 Å². The van der Waals surface area contributed by atoms with E-state index in [0.29, 0.717) is 49.6 Å². The number of amides is 2. The molecule has 2 N–H and O–H groups in total. The molecule has 0 aliphatic heterocycles. The summed E-state index contributed by atoms with van der Waals surface area (Å²) >= 11 is 15.4. The molecule has 0 radical (unpaired) electrons. The lowest BCUT2D eigenvalue weighted by Gasteiger charge is -2.15. The van der Waals surface area contributed by atoms with Crippen LogP contribution >= 0.6 is 39.1 Å². The van der Waals surface area contributed by atoms with Crippen LogP contribution in [0.15, 0.2) is 70.7 Å². The third-order valence-corrected chi connectivity index (χ3v) is 5.78. The van der Waals surface area contributed by atoms with Gasteiger partial charge in [-0.3, -0.25) is 9.59 Å². The number of ether oxygens (including phenoxy) is 2. The van der Waals surface area contributed by atoms with Gasteiger partial charge in [-0.2, -0.15) is 5.26 Å². The number of hydrogen-bond acceptors (Lipinski definition) is 5. The van der Waals surface area contributed by atoms with Crippen molar-refractivity contribution in [1.82, 2.24) is 0 Å². The first kappa shape index (κ1) is 27.1. The maximum Gasteiger partial charge on any atom is 0.266 e. The number of rotatable bonds is 9. The van der Waals surface area contributed by atoms with E-state index < -0.39 is 11.8 Å². The minimum absolute atomic E-state index is 0.118. The van der Waals surface area contributed by atoms with Crippen LogP contribution in [0.3, 0.4) is 0 Å². The van der Waals surface area contributed by atoms with Gasteiger partial charge in [-0.05, 0) is 83.0 Å². The van der Waals surface area contributed by atoms with Crippen molar-refractivity contribution in [2.75, 3.05) is 23.8 Å². The number of benzene rings is 3. The Bertz CT molecular complexity index is 1340. The molecule has 0 heterocycles. The Morgan fingerprint density at radius 3 is 2.44 bits per heavy atom. The molecule has 0 spiro atoms. The quantitative estimate of drug-likeness (QED) is 0.213. The van der Waals surface area contributed by atoms with E-state index in [1.54, 1.807) is 67.6 Å². The topological polar surface area (TPSA) is 100 Å². The minimum atomic E-state index is -0.578. The molecule has 3 aromatic rings. The molecule has 0 aliphatic rings. The molecule has 36 heavy (non-hydrogen) atoms. The van der Waals surface area contributed by atoms with Crippen LogP contribution in [0.5, 0.6) is 11.5 Å². The monoisotopic (exact) mass is 587 g/mol. The molecule has 0 atom stereocenters. The molecule has 0 saturated carbocycles. The van der Waals surface area contributed by atoms with Crippen LogP contribution in [0.25, 0.3) is 6.08 Å². The molecular weight excluding hydrogens is 569 g/mol. The normalized spacial score (nSPS) is 10.8. The van der Waals surface area contributed by atoms with Gasteiger partial charge in [-0.25, -0.2) is 0 Å². The zero-order valence-electron chi connectivity index (χ0n) is 19.0. The summed E-state index contributed by atoms with van der Waals surface area (Å²) in [6.45, 7) is 1.82. The molecule has 0 bridgehead atoms. The van der Waals surface area contributed by atoms with E-state index in [1.807, 2.05) is 6.07 Å². The summed E-state index contributed by atoms with van der Waals surface area (Å²) in [5.41, 5.74) is 1.37. The van der Waals surface area contributed by atoms with Crippen molar-refractivity contribution in [2.24, 2.45) is 0 Å². The van der Waals surface area contributed by atoms with Gasteiger partial charge >= 0.3 is 0 Å². The van der Waals surface area contributed by atoms with Gasteiger partial charge in [-0.15, -0.1) is 0 Å². The fourth-order valence-corrected chi connectivity index (χ4v) is 3.89. The molecule has 0 aliphatic carbocycles. The van der Waals surface area contributed by atoms with E-state index in [-0.39, 0.29) is 12.2 Å². The van der Waals surface area contributed by atoms with Crippen LogP contribution in [0.2, 0.25) is 10.0 Å². The van der Waals surface area contributed by atoms with Crippen molar-refractivity contribution in [3.8, 4) is 17.6 Å². The van der Waals surface area contributed by atoms with Gasteiger partial charge in [0, 0.05) is 10.7 Å². The minimum Gasteiger partial charge on any atom is -0.490 e. The second kappa shape index (κ2) is 13.0. The van der Waals surface area contributed by atoms with Crippen molar-refractivity contribution in [3.63, 3.8) is 0 Å². The van der Waals surface area contributed by atoms with Crippen LogP contribution in [0.1, 0.15) is 12.5 Å². The Labute approximate surface area is 226 Å². The zero-order valence-corrected chi connectivity index (χ0v) is 22.1. The smallest absolute Gasteiger partial charge is 0.266 e. The number of nitrogens with zero attached hydrogens (tertiary/aromatic N) is 1. The summed E-state index contributed by atoms with van der Waals surface area (Å²) in [5.74, 6) is -0.357. The molecule has 0 unspecified atom stereocenters. The SMILES string of the molecule is CCOc1cc(/C=C(/C#N)C(=O)Nc2ccc(Cl)cc2)cc(Br)c1OCC(=O)Nc1ccccc1Cl. The first-order valence-electron chi connectivity index (χ1n) is 10.6. The number of carbonyl (C=O) groups is 2. The number of carbonyl (C=O) groups excluding carboxylic acids is 2. The van der Waals surface area contributed by atoms with Crippen LogP contribution in [0, 0.1) is 11.3 Å². The summed E-state index contributed by atoms with van der Waals surface area (Å²) in [6, 6.07) is 18.6. The highest BCUT2D eigenvalue weighted by molar-refractivity contribution is 9.10. The molecule has 10 heteroatoms. The second-order valence-electron chi connectivity index (χ2n) is 7.21. The number of nitriles is 1. The molecule has 0 fully saturated rings. The van der Waals surface area contributed by atoms with E-state index in [4.69, 9.17) is 32.7 Å². The number of halogens is 3. The lowest BCUT2D eigenvalue weighted by Crippen LogP contribution is -2.20. The van der Waals surface area contributed by atoms with Crippen molar-refractivity contribution in [2.45, 2.75) is 6.92 Å². The Kier molecular flexibility index (Phi) is 9.77. The molecule has 0 aromatic heterocycles. The van der Waals surface area contributed by atoms with E-state index in [9.17, 15) is 14.9 Å². The van der Waals surface area contributed by atoms with E-state index in [2.05, 4.69) is 26.6 Å². The van der Waals surface area contributed by atoms with Crippen LogP contribution in [0.4, 0.5) is 11.4 Å². The third kappa shape index (κ3) is 7.49. The van der Waals surface area contributed by atoms with Crippen LogP contribution in [-0.4, -0.2) is 25.0 Å². The molecule has 184 valence electrons. The third-order valence-electron chi connectivity index (χ3n) is 4.61. The van der Waals surface area contributed by atoms with E-state index in [1.165, 1.54) is 6.08 Å². The molecule has 2 amide bonds. The maximum atomic E-state index is 12.6. The highest BCUT2D eigenvalue weighted by Crippen LogP contribution is 2.37. The van der Waals surface area contributed by atoms with Crippen LogP contribution < -0.4 is 20.1 Å². The first-order chi connectivity index (χ1) is 17.3. The standard InChI is InChI=1S/C26H20BrCl2N3O4/c1-2-35-23-13-16(11-17(14-30)26(34)31-19-9-7-18(28)8-10-19)12-20(27)25(23)36-15-24(33)32-22-6-4-3-5-21(22)29/h3-13H,2,15H2,1H3,(H,31,34)(H,32,33)/b17-11-. The number of para-hydroxylation sites is 1. The number of hydrogen-bond donors (Lipinski definition) is 2. The largest absolute Gasteiger partial charge is 0.490 e. The lowest BCUT2D eigenvalue weighted by atomic mass is 10.1. The van der Waals surface area contributed by atoms with Gasteiger partial charge in [0.25, 0.3) is 11.8 Å². The summed E-state index contributed by atoms with van der Waals surface area (Å²) in [4.78, 5) is 25.0. The van der Waals surface area contributed by atoms with Gasteiger partial charge in [-0.1, -0.05) is 35.3 Å². The van der Waals surface area contributed by atoms with Crippen molar-refractivity contribution >= 4 is 68.4 Å². The Balaban J connectivity index is 1.77. The highest BCUT2D eigenvalue weighted by atomic mass is 79.9. The lowest BCUT2D eigenvalue weighted by molar-refractivity contribution is -0.118. The molecule has 3 rings (SSSR count). The summed E-state index contributed by atoms with van der Waals surface area (Å²) < 4.78 is 11.9. The number of anilines is 2. The molecule has 0 saturated heterocycles. The fraction of sp³-hybridized carbons (Fsp3) is 0.115. The zero-order chi connectivity index (χ0) is 26.1. The maximum absolute atomic E-state index is 12.6. The van der Waals surface area contributed by atoms with E-state index in [0.717, 1.165) is 0 Å². The van der Waals surface area contributed by atoms with Gasteiger partial charge in [0.05, 0.1) is 21.8 Å². The van der Waals surface area contributed by atoms with Gasteiger partial charge in [0.1, 0.15) is 11.6 Å². The van der Waals surface area contributed by atoms with Crippen molar-refractivity contribution in [3.05, 3.63) is 86.3 Å². The summed E-state index contributed by atoms with van der Waals surface area (Å²) in [5, 5.41) is 15.8.